The lowest BCUT2D eigenvalue weighted by molar-refractivity contribution is -0.127. The Morgan fingerprint density at radius 3 is 2.73 bits per heavy atom. The molecule has 1 N–H and O–H groups in total. The predicted octanol–water partition coefficient (Wildman–Crippen LogP) is 2.85. The second-order valence-electron chi connectivity index (χ2n) is 8.04. The molecule has 2 heterocycles. The molecule has 2 aliphatic rings. The molecule has 26 heavy (non-hydrogen) atoms. The Kier molecular flexibility index (Phi) is 5.44. The van der Waals surface area contributed by atoms with Gasteiger partial charge in [0.2, 0.25) is 11.8 Å². The van der Waals surface area contributed by atoms with Crippen molar-refractivity contribution in [1.82, 2.24) is 15.2 Å². The molecule has 1 saturated carbocycles. The van der Waals surface area contributed by atoms with Gasteiger partial charge in [0, 0.05) is 24.7 Å². The van der Waals surface area contributed by atoms with Crippen LogP contribution in [0.4, 0.5) is 0 Å². The zero-order chi connectivity index (χ0) is 18.7. The van der Waals surface area contributed by atoms with E-state index < -0.39 is 0 Å². The first kappa shape index (κ1) is 18.6. The monoisotopic (exact) mass is 355 g/mol. The summed E-state index contributed by atoms with van der Waals surface area (Å²) in [5, 5.41) is 3.03. The maximum Gasteiger partial charge on any atom is 0.246 e. The molecule has 5 heteroatoms. The Balaban J connectivity index is 1.46. The number of rotatable bonds is 5. The quantitative estimate of drug-likeness (QED) is 0.826. The molecular weight excluding hydrogens is 326 g/mol. The number of aryl methyl sites for hydroxylation is 1. The van der Waals surface area contributed by atoms with Crippen LogP contribution in [0.5, 0.6) is 0 Å². The lowest BCUT2D eigenvalue weighted by Gasteiger charge is -2.32. The number of allylic oxidation sites excluding steroid dienone is 1. The van der Waals surface area contributed by atoms with Crippen LogP contribution in [0.15, 0.2) is 30.4 Å². The number of nitrogens with one attached hydrogen (secondary N) is 1. The summed E-state index contributed by atoms with van der Waals surface area (Å²) in [5.74, 6) is 0.707. The van der Waals surface area contributed by atoms with Gasteiger partial charge in [-0.3, -0.25) is 14.6 Å². The van der Waals surface area contributed by atoms with Gasteiger partial charge in [0.1, 0.15) is 0 Å². The lowest BCUT2D eigenvalue weighted by Crippen LogP contribution is -2.40. The Morgan fingerprint density at radius 1 is 1.35 bits per heavy atom. The third kappa shape index (κ3) is 4.32. The molecule has 5 nitrogen and oxygen atoms in total. The lowest BCUT2D eigenvalue weighted by atomic mass is 9.90. The van der Waals surface area contributed by atoms with E-state index in [1.54, 1.807) is 6.08 Å². The van der Waals surface area contributed by atoms with Gasteiger partial charge < -0.3 is 10.2 Å². The zero-order valence-electron chi connectivity index (χ0n) is 16.0. The fraction of sp³-hybridized carbons (Fsp3) is 0.571. The summed E-state index contributed by atoms with van der Waals surface area (Å²) in [6.45, 7) is 8.07. The van der Waals surface area contributed by atoms with E-state index in [9.17, 15) is 9.59 Å². The fourth-order valence-electron chi connectivity index (χ4n) is 3.82. The topological polar surface area (TPSA) is 62.3 Å². The summed E-state index contributed by atoms with van der Waals surface area (Å²) in [4.78, 5) is 31.0. The van der Waals surface area contributed by atoms with Crippen LogP contribution >= 0.6 is 0 Å². The number of hydrogen-bond donors (Lipinski definition) is 1. The molecule has 140 valence electrons. The highest BCUT2D eigenvalue weighted by atomic mass is 16.2. The predicted molar refractivity (Wildman–Crippen MR) is 101 cm³/mol. The third-order valence-electron chi connectivity index (χ3n) is 5.59. The van der Waals surface area contributed by atoms with Crippen LogP contribution in [0.2, 0.25) is 0 Å². The number of carbonyl (C=O) groups is 2. The number of likely N-dealkylation sites (tertiary alicyclic amines) is 1. The largest absolute Gasteiger partial charge is 0.350 e. The molecule has 1 unspecified atom stereocenters. The van der Waals surface area contributed by atoms with E-state index >= 15 is 0 Å². The van der Waals surface area contributed by atoms with E-state index in [1.165, 1.54) is 0 Å². The summed E-state index contributed by atoms with van der Waals surface area (Å²) in [5.41, 5.74) is 1.97. The zero-order valence-corrected chi connectivity index (χ0v) is 16.0. The minimum atomic E-state index is 0.0933. The maximum atomic E-state index is 12.5. The Labute approximate surface area is 155 Å². The molecule has 2 fully saturated rings. The van der Waals surface area contributed by atoms with Crippen LogP contribution < -0.4 is 5.32 Å². The first-order valence-corrected chi connectivity index (χ1v) is 9.57. The van der Waals surface area contributed by atoms with Crippen LogP contribution in [0.3, 0.4) is 0 Å². The number of nitrogens with zero attached hydrogens (tertiary/aromatic N) is 2. The standard InChI is InChI=1S/C21H29N3O2/c1-15(2)7-8-19(25)24-11-9-21(10-12-24)13-18(21)20(26)22-14-17-6-4-5-16(3)23-17/h4-8,15,18H,9-14H2,1-3H3,(H,22,26). The second kappa shape index (κ2) is 7.60. The average molecular weight is 355 g/mol. The van der Waals surface area contributed by atoms with Crippen molar-refractivity contribution in [2.45, 2.75) is 46.6 Å². The molecule has 1 saturated heterocycles. The summed E-state index contributed by atoms with van der Waals surface area (Å²) < 4.78 is 0. The van der Waals surface area contributed by atoms with Gasteiger partial charge in [-0.1, -0.05) is 26.0 Å². The van der Waals surface area contributed by atoms with Crippen LogP contribution in [0.25, 0.3) is 0 Å². The third-order valence-corrected chi connectivity index (χ3v) is 5.59. The first-order valence-electron chi connectivity index (χ1n) is 9.57. The van der Waals surface area contributed by atoms with Crippen molar-refractivity contribution in [3.05, 3.63) is 41.7 Å². The van der Waals surface area contributed by atoms with E-state index in [0.717, 1.165) is 43.7 Å². The Hall–Kier alpha value is -2.17. The van der Waals surface area contributed by atoms with Gasteiger partial charge in [-0.25, -0.2) is 0 Å². The van der Waals surface area contributed by atoms with Crippen molar-refractivity contribution < 1.29 is 9.59 Å². The molecule has 0 aromatic carbocycles. The van der Waals surface area contributed by atoms with E-state index in [1.807, 2.05) is 36.1 Å². The van der Waals surface area contributed by atoms with Gasteiger partial charge >= 0.3 is 0 Å². The van der Waals surface area contributed by atoms with Crippen molar-refractivity contribution in [2.75, 3.05) is 13.1 Å². The maximum absolute atomic E-state index is 12.5. The molecule has 1 aliphatic carbocycles. The molecule has 1 aromatic heterocycles. The van der Waals surface area contributed by atoms with Crippen molar-refractivity contribution in [1.29, 1.82) is 0 Å². The highest BCUT2D eigenvalue weighted by Gasteiger charge is 2.58. The first-order chi connectivity index (χ1) is 12.4. The normalized spacial score (nSPS) is 21.4. The fourth-order valence-corrected chi connectivity index (χ4v) is 3.82. The van der Waals surface area contributed by atoms with Gasteiger partial charge in [-0.15, -0.1) is 0 Å². The smallest absolute Gasteiger partial charge is 0.246 e. The molecule has 0 bridgehead atoms. The molecule has 1 spiro atoms. The summed E-state index contributed by atoms with van der Waals surface area (Å²) in [7, 11) is 0. The summed E-state index contributed by atoms with van der Waals surface area (Å²) in [6, 6.07) is 5.85. The van der Waals surface area contributed by atoms with Gasteiger partial charge in [0.15, 0.2) is 0 Å². The van der Waals surface area contributed by atoms with Crippen LogP contribution in [0, 0.1) is 24.2 Å². The van der Waals surface area contributed by atoms with Crippen LogP contribution in [-0.4, -0.2) is 34.8 Å². The SMILES string of the molecule is Cc1cccc(CNC(=O)C2CC23CCN(C(=O)C=CC(C)C)CC3)n1. The molecule has 1 aliphatic heterocycles. The van der Waals surface area contributed by atoms with E-state index in [2.05, 4.69) is 24.1 Å². The molecule has 1 atom stereocenters. The van der Waals surface area contributed by atoms with Gasteiger partial charge in [-0.2, -0.15) is 0 Å². The molecule has 0 radical (unpaired) electrons. The van der Waals surface area contributed by atoms with E-state index in [4.69, 9.17) is 0 Å². The molecular formula is C21H29N3O2. The minimum absolute atomic E-state index is 0.0933. The number of aromatic nitrogens is 1. The number of pyridine rings is 1. The minimum Gasteiger partial charge on any atom is -0.350 e. The van der Waals surface area contributed by atoms with Crippen molar-refractivity contribution in [2.24, 2.45) is 17.3 Å². The van der Waals surface area contributed by atoms with Gasteiger partial charge in [-0.05, 0) is 55.7 Å². The Morgan fingerprint density at radius 2 is 2.08 bits per heavy atom. The van der Waals surface area contributed by atoms with Crippen molar-refractivity contribution >= 4 is 11.8 Å². The number of piperidine rings is 1. The summed E-state index contributed by atoms with van der Waals surface area (Å²) in [6.07, 6.45) is 6.43. The molecule has 2 amide bonds. The molecule has 3 rings (SSSR count). The van der Waals surface area contributed by atoms with Crippen molar-refractivity contribution in [3.8, 4) is 0 Å². The van der Waals surface area contributed by atoms with Crippen molar-refractivity contribution in [3.63, 3.8) is 0 Å². The van der Waals surface area contributed by atoms with Gasteiger partial charge in [0.25, 0.3) is 0 Å². The van der Waals surface area contributed by atoms with E-state index in [-0.39, 0.29) is 23.1 Å². The Bertz CT molecular complexity index is 703. The number of hydrogen-bond acceptors (Lipinski definition) is 3. The number of carbonyl (C=O) groups excluding carboxylic acids is 2. The number of amides is 2. The highest BCUT2D eigenvalue weighted by Crippen LogP contribution is 2.59. The summed E-state index contributed by atoms with van der Waals surface area (Å²) >= 11 is 0. The molecule has 1 aromatic rings. The highest BCUT2D eigenvalue weighted by molar-refractivity contribution is 5.88. The van der Waals surface area contributed by atoms with Crippen LogP contribution in [0.1, 0.15) is 44.5 Å². The van der Waals surface area contributed by atoms with Gasteiger partial charge in [0.05, 0.1) is 12.2 Å². The average Bonchev–Trinajstić information content (AvgIpc) is 3.31. The van der Waals surface area contributed by atoms with Crippen LogP contribution in [-0.2, 0) is 16.1 Å². The second-order valence-corrected chi connectivity index (χ2v) is 8.04. The van der Waals surface area contributed by atoms with E-state index in [0.29, 0.717) is 12.5 Å².